The number of likely N-dealkylation sites (tertiary alicyclic amines) is 1. The molecule has 0 radical (unpaired) electrons. The molecule has 0 aromatic carbocycles. The van der Waals surface area contributed by atoms with Crippen LogP contribution in [0.3, 0.4) is 0 Å². The van der Waals surface area contributed by atoms with Gasteiger partial charge in [-0.1, -0.05) is 20.3 Å². The lowest BCUT2D eigenvalue weighted by atomic mass is 9.77. The van der Waals surface area contributed by atoms with Crippen LogP contribution in [0.4, 0.5) is 0 Å². The standard InChI is InChI=1S/C14H25NO2/c1-10-5-3-6-11(2)14(10)15-8-4-7-12(15)9-13(16)17/h10-12,14H,3-9H2,1-2H3,(H,16,17). The number of hydrogen-bond acceptors (Lipinski definition) is 2. The molecule has 1 saturated carbocycles. The monoisotopic (exact) mass is 239 g/mol. The van der Waals surface area contributed by atoms with Gasteiger partial charge in [0.15, 0.2) is 0 Å². The molecule has 17 heavy (non-hydrogen) atoms. The van der Waals surface area contributed by atoms with Crippen LogP contribution in [0.1, 0.15) is 52.4 Å². The van der Waals surface area contributed by atoms with E-state index in [1.165, 1.54) is 25.7 Å². The van der Waals surface area contributed by atoms with E-state index in [1.807, 2.05) is 0 Å². The molecule has 98 valence electrons. The van der Waals surface area contributed by atoms with E-state index in [9.17, 15) is 4.79 Å². The molecule has 3 unspecified atom stereocenters. The summed E-state index contributed by atoms with van der Waals surface area (Å²) in [6.07, 6.45) is 6.54. The van der Waals surface area contributed by atoms with E-state index in [-0.39, 0.29) is 0 Å². The maximum absolute atomic E-state index is 10.9. The molecule has 1 aliphatic carbocycles. The van der Waals surface area contributed by atoms with Gasteiger partial charge in [0.25, 0.3) is 0 Å². The van der Waals surface area contributed by atoms with Gasteiger partial charge in [-0.05, 0) is 44.1 Å². The average Bonchev–Trinajstić information content (AvgIpc) is 2.65. The molecule has 2 rings (SSSR count). The fourth-order valence-corrected chi connectivity index (χ4v) is 3.99. The van der Waals surface area contributed by atoms with Crippen LogP contribution < -0.4 is 0 Å². The van der Waals surface area contributed by atoms with E-state index in [0.29, 0.717) is 18.5 Å². The van der Waals surface area contributed by atoms with Crippen molar-refractivity contribution < 1.29 is 9.90 Å². The normalized spacial score (nSPS) is 39.4. The third-order valence-electron chi connectivity index (χ3n) is 4.70. The van der Waals surface area contributed by atoms with Crippen molar-refractivity contribution in [1.82, 2.24) is 4.90 Å². The largest absolute Gasteiger partial charge is 0.481 e. The van der Waals surface area contributed by atoms with Crippen molar-refractivity contribution in [2.75, 3.05) is 6.54 Å². The first-order valence-electron chi connectivity index (χ1n) is 7.07. The fraction of sp³-hybridized carbons (Fsp3) is 0.929. The van der Waals surface area contributed by atoms with Crippen LogP contribution in [0.25, 0.3) is 0 Å². The average molecular weight is 239 g/mol. The highest BCUT2D eigenvalue weighted by Gasteiger charge is 2.38. The Hall–Kier alpha value is -0.570. The quantitative estimate of drug-likeness (QED) is 0.823. The van der Waals surface area contributed by atoms with Crippen LogP contribution in [-0.4, -0.2) is 34.6 Å². The summed E-state index contributed by atoms with van der Waals surface area (Å²) in [4.78, 5) is 13.4. The number of carboxylic acids is 1. The van der Waals surface area contributed by atoms with Gasteiger partial charge in [0, 0.05) is 12.1 Å². The van der Waals surface area contributed by atoms with E-state index in [2.05, 4.69) is 18.7 Å². The Bertz CT molecular complexity index is 269. The van der Waals surface area contributed by atoms with Gasteiger partial charge < -0.3 is 5.11 Å². The Kier molecular flexibility index (Phi) is 4.08. The molecule has 0 amide bonds. The highest BCUT2D eigenvalue weighted by atomic mass is 16.4. The maximum atomic E-state index is 10.9. The summed E-state index contributed by atoms with van der Waals surface area (Å²) < 4.78 is 0. The SMILES string of the molecule is CC1CCCC(C)C1N1CCCC1CC(=O)O. The fourth-order valence-electron chi connectivity index (χ4n) is 3.99. The zero-order valence-electron chi connectivity index (χ0n) is 11.1. The first-order chi connectivity index (χ1) is 8.09. The Morgan fingerprint density at radius 2 is 1.82 bits per heavy atom. The highest BCUT2D eigenvalue weighted by Crippen LogP contribution is 2.37. The maximum Gasteiger partial charge on any atom is 0.304 e. The lowest BCUT2D eigenvalue weighted by Crippen LogP contribution is -2.48. The molecular formula is C14H25NO2. The van der Waals surface area contributed by atoms with Gasteiger partial charge in [0.05, 0.1) is 6.42 Å². The molecule has 3 nitrogen and oxygen atoms in total. The molecule has 2 aliphatic rings. The molecule has 0 bridgehead atoms. The lowest BCUT2D eigenvalue weighted by molar-refractivity contribution is -0.138. The molecule has 1 aliphatic heterocycles. The van der Waals surface area contributed by atoms with Crippen LogP contribution in [0.5, 0.6) is 0 Å². The minimum absolute atomic E-state index is 0.292. The van der Waals surface area contributed by atoms with Crippen molar-refractivity contribution >= 4 is 5.97 Å². The summed E-state index contributed by atoms with van der Waals surface area (Å²) in [6, 6.07) is 0.913. The van der Waals surface area contributed by atoms with Gasteiger partial charge in [0.2, 0.25) is 0 Å². The van der Waals surface area contributed by atoms with Crippen LogP contribution >= 0.6 is 0 Å². The van der Waals surface area contributed by atoms with Crippen LogP contribution in [0, 0.1) is 11.8 Å². The lowest BCUT2D eigenvalue weighted by Gasteiger charge is -2.43. The number of nitrogens with zero attached hydrogens (tertiary/aromatic N) is 1. The van der Waals surface area contributed by atoms with Crippen molar-refractivity contribution in [2.24, 2.45) is 11.8 Å². The van der Waals surface area contributed by atoms with Gasteiger partial charge in [-0.2, -0.15) is 0 Å². The molecule has 0 spiro atoms. The van der Waals surface area contributed by atoms with Crippen LogP contribution in [0.2, 0.25) is 0 Å². The Morgan fingerprint density at radius 3 is 2.41 bits per heavy atom. The van der Waals surface area contributed by atoms with E-state index in [0.717, 1.165) is 24.8 Å². The predicted octanol–water partition coefficient (Wildman–Crippen LogP) is 2.75. The Balaban J connectivity index is 2.05. The second-order valence-corrected chi connectivity index (χ2v) is 6.01. The van der Waals surface area contributed by atoms with Crippen LogP contribution in [-0.2, 0) is 4.79 Å². The van der Waals surface area contributed by atoms with E-state index < -0.39 is 5.97 Å². The molecule has 1 saturated heterocycles. The van der Waals surface area contributed by atoms with Crippen molar-refractivity contribution in [1.29, 1.82) is 0 Å². The summed E-state index contributed by atoms with van der Waals surface area (Å²) in [7, 11) is 0. The Labute approximate surface area is 104 Å². The highest BCUT2D eigenvalue weighted by molar-refractivity contribution is 5.67. The second kappa shape index (κ2) is 5.38. The minimum Gasteiger partial charge on any atom is -0.481 e. The van der Waals surface area contributed by atoms with Crippen LogP contribution in [0.15, 0.2) is 0 Å². The van der Waals surface area contributed by atoms with E-state index in [4.69, 9.17) is 5.11 Å². The molecule has 1 heterocycles. The zero-order valence-corrected chi connectivity index (χ0v) is 11.1. The van der Waals surface area contributed by atoms with E-state index in [1.54, 1.807) is 0 Å². The number of aliphatic carboxylic acids is 1. The molecule has 2 fully saturated rings. The molecule has 3 heteroatoms. The van der Waals surface area contributed by atoms with Crippen molar-refractivity contribution in [3.8, 4) is 0 Å². The van der Waals surface area contributed by atoms with Crippen molar-refractivity contribution in [3.05, 3.63) is 0 Å². The van der Waals surface area contributed by atoms with Crippen molar-refractivity contribution in [3.63, 3.8) is 0 Å². The molecule has 3 atom stereocenters. The van der Waals surface area contributed by atoms with Gasteiger partial charge >= 0.3 is 5.97 Å². The predicted molar refractivity (Wildman–Crippen MR) is 67.9 cm³/mol. The van der Waals surface area contributed by atoms with Gasteiger partial charge in [-0.3, -0.25) is 9.69 Å². The number of hydrogen-bond donors (Lipinski definition) is 1. The van der Waals surface area contributed by atoms with Gasteiger partial charge in [0.1, 0.15) is 0 Å². The second-order valence-electron chi connectivity index (χ2n) is 6.01. The van der Waals surface area contributed by atoms with Gasteiger partial charge in [-0.25, -0.2) is 0 Å². The summed E-state index contributed by atoms with van der Waals surface area (Å²) >= 11 is 0. The topological polar surface area (TPSA) is 40.5 Å². The Morgan fingerprint density at radius 1 is 1.18 bits per heavy atom. The molecule has 1 N–H and O–H groups in total. The first kappa shape index (κ1) is 12.9. The molecule has 0 aromatic rings. The zero-order chi connectivity index (χ0) is 12.4. The number of carbonyl (C=O) groups is 1. The van der Waals surface area contributed by atoms with Gasteiger partial charge in [-0.15, -0.1) is 0 Å². The first-order valence-corrected chi connectivity index (χ1v) is 7.07. The summed E-state index contributed by atoms with van der Waals surface area (Å²) in [5.41, 5.74) is 0. The summed E-state index contributed by atoms with van der Waals surface area (Å²) in [5, 5.41) is 9.00. The molecular weight excluding hydrogens is 214 g/mol. The van der Waals surface area contributed by atoms with E-state index >= 15 is 0 Å². The number of carboxylic acid groups (broad SMARTS) is 1. The minimum atomic E-state index is -0.641. The number of rotatable bonds is 3. The smallest absolute Gasteiger partial charge is 0.304 e. The summed E-state index contributed by atoms with van der Waals surface area (Å²) in [5.74, 6) is 0.819. The van der Waals surface area contributed by atoms with Crippen molar-refractivity contribution in [2.45, 2.75) is 64.5 Å². The summed E-state index contributed by atoms with van der Waals surface area (Å²) in [6.45, 7) is 5.80. The molecule has 0 aromatic heterocycles. The third-order valence-corrected chi connectivity index (χ3v) is 4.70. The third kappa shape index (κ3) is 2.82.